The molecule has 0 N–H and O–H groups in total. The molecule has 0 saturated carbocycles. The zero-order valence-corrected chi connectivity index (χ0v) is 14.9. The summed E-state index contributed by atoms with van der Waals surface area (Å²) >= 11 is 0. The monoisotopic (exact) mass is 311 g/mol. The van der Waals surface area contributed by atoms with Gasteiger partial charge in [-0.25, -0.2) is 0 Å². The molecule has 1 aliphatic heterocycles. The maximum Gasteiger partial charge on any atom is 0.0678 e. The Morgan fingerprint density at radius 1 is 1.13 bits per heavy atom. The van der Waals surface area contributed by atoms with Gasteiger partial charge in [0.15, 0.2) is 0 Å². The van der Waals surface area contributed by atoms with Gasteiger partial charge in [0, 0.05) is 19.6 Å². The molecule has 0 spiro atoms. The normalized spacial score (nSPS) is 24.0. The third-order valence-corrected chi connectivity index (χ3v) is 4.76. The number of hydrogen-bond acceptors (Lipinski definition) is 2. The van der Waals surface area contributed by atoms with Crippen molar-refractivity contribution in [3.05, 3.63) is 47.5 Å². The van der Waals surface area contributed by atoms with E-state index in [0.29, 0.717) is 18.1 Å². The lowest BCUT2D eigenvalue weighted by molar-refractivity contribution is -0.0708. The van der Waals surface area contributed by atoms with Gasteiger partial charge in [0.1, 0.15) is 0 Å². The minimum absolute atomic E-state index is 0.353. The summed E-state index contributed by atoms with van der Waals surface area (Å²) in [7, 11) is 0. The van der Waals surface area contributed by atoms with Crippen LogP contribution in [0.15, 0.2) is 36.4 Å². The van der Waals surface area contributed by atoms with Crippen molar-refractivity contribution in [3.8, 4) is 0 Å². The first-order chi connectivity index (χ1) is 11.0. The standard InChI is InChI=1S/C21H29NO/c1-15-8-9-21-19(10-15)6-5-7-20(21)11-16(2)12-22-13-17(3)23-18(4)14-22/h5-10,16-18H,11-14H2,1-4H3. The van der Waals surface area contributed by atoms with E-state index in [4.69, 9.17) is 4.74 Å². The second kappa shape index (κ2) is 7.02. The second-order valence-electron chi connectivity index (χ2n) is 7.43. The molecular formula is C21H29NO. The fourth-order valence-corrected chi connectivity index (χ4v) is 3.96. The predicted molar refractivity (Wildman–Crippen MR) is 98.0 cm³/mol. The first kappa shape index (κ1) is 16.5. The zero-order valence-electron chi connectivity index (χ0n) is 14.9. The number of ether oxygens (including phenoxy) is 1. The molecule has 2 aromatic carbocycles. The largest absolute Gasteiger partial charge is 0.373 e. The fourth-order valence-electron chi connectivity index (χ4n) is 3.96. The number of rotatable bonds is 4. The molecule has 1 heterocycles. The number of nitrogens with zero attached hydrogens (tertiary/aromatic N) is 1. The van der Waals surface area contributed by atoms with Gasteiger partial charge in [-0.3, -0.25) is 4.90 Å². The molecule has 0 amide bonds. The highest BCUT2D eigenvalue weighted by molar-refractivity contribution is 5.86. The van der Waals surface area contributed by atoms with E-state index in [2.05, 4.69) is 69.0 Å². The Morgan fingerprint density at radius 2 is 1.87 bits per heavy atom. The number of morpholine rings is 1. The first-order valence-corrected chi connectivity index (χ1v) is 8.87. The molecule has 1 fully saturated rings. The Kier molecular flexibility index (Phi) is 5.03. The Morgan fingerprint density at radius 3 is 2.61 bits per heavy atom. The lowest BCUT2D eigenvalue weighted by Gasteiger charge is -2.36. The summed E-state index contributed by atoms with van der Waals surface area (Å²) in [6.45, 7) is 12.2. The van der Waals surface area contributed by atoms with Crippen molar-refractivity contribution >= 4 is 10.8 Å². The molecule has 3 unspecified atom stereocenters. The predicted octanol–water partition coefficient (Wildman–Crippen LogP) is 4.44. The fraction of sp³-hybridized carbons (Fsp3) is 0.524. The second-order valence-corrected chi connectivity index (χ2v) is 7.43. The van der Waals surface area contributed by atoms with Crippen LogP contribution in [0.5, 0.6) is 0 Å². The molecule has 0 radical (unpaired) electrons. The highest BCUT2D eigenvalue weighted by Gasteiger charge is 2.23. The molecule has 23 heavy (non-hydrogen) atoms. The van der Waals surface area contributed by atoms with Crippen molar-refractivity contribution < 1.29 is 4.74 Å². The van der Waals surface area contributed by atoms with Crippen molar-refractivity contribution in [2.75, 3.05) is 19.6 Å². The first-order valence-electron chi connectivity index (χ1n) is 8.87. The van der Waals surface area contributed by atoms with E-state index in [9.17, 15) is 0 Å². The van der Waals surface area contributed by atoms with E-state index < -0.39 is 0 Å². The van der Waals surface area contributed by atoms with Gasteiger partial charge in [-0.1, -0.05) is 48.9 Å². The summed E-state index contributed by atoms with van der Waals surface area (Å²) in [4.78, 5) is 2.57. The topological polar surface area (TPSA) is 12.5 Å². The summed E-state index contributed by atoms with van der Waals surface area (Å²) in [6, 6.07) is 13.5. The van der Waals surface area contributed by atoms with Crippen molar-refractivity contribution in [1.82, 2.24) is 4.90 Å². The number of fused-ring (bicyclic) bond motifs is 1. The van der Waals surface area contributed by atoms with Crippen molar-refractivity contribution in [2.24, 2.45) is 5.92 Å². The molecule has 0 bridgehead atoms. The van der Waals surface area contributed by atoms with Gasteiger partial charge in [-0.05, 0) is 49.4 Å². The number of hydrogen-bond donors (Lipinski definition) is 0. The SMILES string of the molecule is Cc1ccc2c(CC(C)CN3CC(C)OC(C)C3)cccc2c1. The van der Waals surface area contributed by atoms with Crippen LogP contribution in [0.4, 0.5) is 0 Å². The Hall–Kier alpha value is -1.38. The van der Waals surface area contributed by atoms with Crippen LogP contribution in [-0.2, 0) is 11.2 Å². The Balaban J connectivity index is 1.69. The number of aryl methyl sites for hydroxylation is 1. The van der Waals surface area contributed by atoms with Gasteiger partial charge < -0.3 is 4.74 Å². The Labute approximate surface area is 140 Å². The third-order valence-electron chi connectivity index (χ3n) is 4.76. The summed E-state index contributed by atoms with van der Waals surface area (Å²) in [5, 5.41) is 2.77. The molecule has 2 nitrogen and oxygen atoms in total. The van der Waals surface area contributed by atoms with Gasteiger partial charge in [-0.2, -0.15) is 0 Å². The van der Waals surface area contributed by atoms with E-state index in [-0.39, 0.29) is 0 Å². The highest BCUT2D eigenvalue weighted by Crippen LogP contribution is 2.23. The van der Waals surface area contributed by atoms with Crippen LogP contribution in [0.2, 0.25) is 0 Å². The molecule has 124 valence electrons. The molecule has 2 aromatic rings. The molecule has 0 aliphatic carbocycles. The van der Waals surface area contributed by atoms with E-state index in [1.54, 1.807) is 0 Å². The Bertz CT molecular complexity index is 656. The van der Waals surface area contributed by atoms with Crippen LogP contribution in [0.3, 0.4) is 0 Å². The average Bonchev–Trinajstić information content (AvgIpc) is 2.45. The van der Waals surface area contributed by atoms with E-state index in [1.807, 2.05) is 0 Å². The van der Waals surface area contributed by atoms with Gasteiger partial charge in [-0.15, -0.1) is 0 Å². The highest BCUT2D eigenvalue weighted by atomic mass is 16.5. The molecule has 3 rings (SSSR count). The van der Waals surface area contributed by atoms with Gasteiger partial charge in [0.05, 0.1) is 12.2 Å². The summed E-state index contributed by atoms with van der Waals surface area (Å²) in [5.74, 6) is 0.652. The van der Waals surface area contributed by atoms with E-state index in [1.165, 1.54) is 21.9 Å². The van der Waals surface area contributed by atoms with Crippen LogP contribution >= 0.6 is 0 Å². The summed E-state index contributed by atoms with van der Waals surface area (Å²) in [6.07, 6.45) is 1.85. The smallest absolute Gasteiger partial charge is 0.0678 e. The molecule has 2 heteroatoms. The van der Waals surface area contributed by atoms with Crippen LogP contribution < -0.4 is 0 Å². The maximum atomic E-state index is 5.84. The number of benzene rings is 2. The van der Waals surface area contributed by atoms with Crippen molar-refractivity contribution in [2.45, 2.75) is 46.3 Å². The quantitative estimate of drug-likeness (QED) is 0.828. The average molecular weight is 311 g/mol. The minimum atomic E-state index is 0.353. The van der Waals surface area contributed by atoms with Crippen LogP contribution in [0.1, 0.15) is 31.9 Å². The van der Waals surface area contributed by atoms with Gasteiger partial charge >= 0.3 is 0 Å². The van der Waals surface area contributed by atoms with E-state index >= 15 is 0 Å². The maximum absolute atomic E-state index is 5.84. The third kappa shape index (κ3) is 4.13. The molecule has 3 atom stereocenters. The molecule has 1 aliphatic rings. The van der Waals surface area contributed by atoms with Crippen LogP contribution in [0.25, 0.3) is 10.8 Å². The minimum Gasteiger partial charge on any atom is -0.373 e. The van der Waals surface area contributed by atoms with Gasteiger partial charge in [0.2, 0.25) is 0 Å². The van der Waals surface area contributed by atoms with Crippen molar-refractivity contribution in [3.63, 3.8) is 0 Å². The van der Waals surface area contributed by atoms with Gasteiger partial charge in [0.25, 0.3) is 0 Å². The zero-order chi connectivity index (χ0) is 16.4. The van der Waals surface area contributed by atoms with Crippen LogP contribution in [-0.4, -0.2) is 36.7 Å². The molecule has 1 saturated heterocycles. The van der Waals surface area contributed by atoms with Crippen molar-refractivity contribution in [1.29, 1.82) is 0 Å². The molecule has 0 aromatic heterocycles. The molecular weight excluding hydrogens is 282 g/mol. The summed E-state index contributed by atoms with van der Waals surface area (Å²) < 4.78 is 5.84. The lowest BCUT2D eigenvalue weighted by Crippen LogP contribution is -2.47. The lowest BCUT2D eigenvalue weighted by atomic mass is 9.94. The summed E-state index contributed by atoms with van der Waals surface area (Å²) in [5.41, 5.74) is 2.81. The van der Waals surface area contributed by atoms with E-state index in [0.717, 1.165) is 26.1 Å². The van der Waals surface area contributed by atoms with Crippen LogP contribution in [0, 0.1) is 12.8 Å².